The lowest BCUT2D eigenvalue weighted by Gasteiger charge is -2.09. The molecule has 0 radical (unpaired) electrons. The number of ether oxygens (including phenoxy) is 1. The van der Waals surface area contributed by atoms with Gasteiger partial charge in [-0.05, 0) is 66.6 Å². The molecule has 0 aliphatic carbocycles. The van der Waals surface area contributed by atoms with E-state index in [0.29, 0.717) is 35.5 Å². The van der Waals surface area contributed by atoms with Crippen LogP contribution in [0.4, 0.5) is 10.1 Å². The van der Waals surface area contributed by atoms with Crippen molar-refractivity contribution in [3.05, 3.63) is 95.3 Å². The fraction of sp³-hybridized carbons (Fsp3) is 0.130. The smallest absolute Gasteiger partial charge is 0.255 e. The molecule has 0 atom stereocenters. The number of hydrogen-bond acceptors (Lipinski definition) is 3. The molecule has 0 bridgehead atoms. The predicted octanol–water partition coefficient (Wildman–Crippen LogP) is 4.06. The molecule has 0 fully saturated rings. The second-order valence-electron chi connectivity index (χ2n) is 6.40. The maximum atomic E-state index is 12.9. The van der Waals surface area contributed by atoms with Crippen molar-refractivity contribution in [1.29, 1.82) is 0 Å². The minimum atomic E-state index is -0.309. The van der Waals surface area contributed by atoms with Crippen LogP contribution in [0.1, 0.15) is 26.3 Å². The monoisotopic (exact) mass is 392 g/mol. The van der Waals surface area contributed by atoms with E-state index in [1.165, 1.54) is 12.1 Å². The van der Waals surface area contributed by atoms with Crippen LogP contribution < -0.4 is 15.4 Å². The minimum absolute atomic E-state index is 0.272. The van der Waals surface area contributed by atoms with E-state index in [1.807, 2.05) is 0 Å². The van der Waals surface area contributed by atoms with Crippen molar-refractivity contribution in [3.8, 4) is 5.75 Å². The van der Waals surface area contributed by atoms with Gasteiger partial charge < -0.3 is 15.4 Å². The predicted molar refractivity (Wildman–Crippen MR) is 110 cm³/mol. The second kappa shape index (κ2) is 9.50. The number of nitrogens with one attached hydrogen (secondary N) is 2. The Labute approximate surface area is 168 Å². The summed E-state index contributed by atoms with van der Waals surface area (Å²) >= 11 is 0. The van der Waals surface area contributed by atoms with E-state index in [0.717, 1.165) is 5.56 Å². The number of hydrogen-bond donors (Lipinski definition) is 2. The third-order valence-corrected chi connectivity index (χ3v) is 4.35. The molecule has 0 saturated carbocycles. The zero-order valence-electron chi connectivity index (χ0n) is 15.9. The largest absolute Gasteiger partial charge is 0.497 e. The molecular formula is C23H21FN2O3. The highest BCUT2D eigenvalue weighted by atomic mass is 19.1. The summed E-state index contributed by atoms with van der Waals surface area (Å²) < 4.78 is 18.0. The number of methoxy groups -OCH3 is 1. The van der Waals surface area contributed by atoms with Crippen molar-refractivity contribution in [1.82, 2.24) is 5.32 Å². The molecule has 148 valence electrons. The Morgan fingerprint density at radius 3 is 2.21 bits per heavy atom. The van der Waals surface area contributed by atoms with Crippen molar-refractivity contribution in [2.45, 2.75) is 6.42 Å². The van der Waals surface area contributed by atoms with Crippen molar-refractivity contribution in [3.63, 3.8) is 0 Å². The van der Waals surface area contributed by atoms with E-state index in [2.05, 4.69) is 10.6 Å². The SMILES string of the molecule is COc1ccc(NC(=O)c2cccc(C(=O)NCCc3ccc(F)cc3)c2)cc1. The summed E-state index contributed by atoms with van der Waals surface area (Å²) in [6.45, 7) is 0.409. The van der Waals surface area contributed by atoms with Crippen LogP contribution in [0.3, 0.4) is 0 Å². The van der Waals surface area contributed by atoms with Crippen molar-refractivity contribution in [2.24, 2.45) is 0 Å². The van der Waals surface area contributed by atoms with Gasteiger partial charge in [-0.3, -0.25) is 9.59 Å². The first kappa shape index (κ1) is 20.1. The number of anilines is 1. The molecule has 0 saturated heterocycles. The van der Waals surface area contributed by atoms with E-state index in [9.17, 15) is 14.0 Å². The lowest BCUT2D eigenvalue weighted by atomic mass is 10.1. The summed E-state index contributed by atoms with van der Waals surface area (Å²) in [5.41, 5.74) is 2.34. The van der Waals surface area contributed by atoms with Crippen LogP contribution in [-0.2, 0) is 6.42 Å². The molecule has 3 aromatic carbocycles. The van der Waals surface area contributed by atoms with Crippen LogP contribution in [0.5, 0.6) is 5.75 Å². The first-order valence-corrected chi connectivity index (χ1v) is 9.13. The second-order valence-corrected chi connectivity index (χ2v) is 6.40. The van der Waals surface area contributed by atoms with Crippen molar-refractivity contribution in [2.75, 3.05) is 19.0 Å². The lowest BCUT2D eigenvalue weighted by molar-refractivity contribution is 0.0954. The zero-order chi connectivity index (χ0) is 20.6. The molecule has 29 heavy (non-hydrogen) atoms. The molecule has 0 spiro atoms. The molecule has 5 nitrogen and oxygen atoms in total. The molecule has 0 aliphatic heterocycles. The molecule has 0 aliphatic rings. The van der Waals surface area contributed by atoms with Gasteiger partial charge in [-0.1, -0.05) is 18.2 Å². The lowest BCUT2D eigenvalue weighted by Crippen LogP contribution is -2.26. The van der Waals surface area contributed by atoms with Gasteiger partial charge in [0.25, 0.3) is 11.8 Å². The van der Waals surface area contributed by atoms with Crippen LogP contribution in [0.25, 0.3) is 0 Å². The third kappa shape index (κ3) is 5.65. The standard InChI is InChI=1S/C23H21FN2O3/c1-29-21-11-9-20(10-12-21)26-23(28)18-4-2-3-17(15-18)22(27)25-14-13-16-5-7-19(24)8-6-16/h2-12,15H,13-14H2,1H3,(H,25,27)(H,26,28). The van der Waals surface area contributed by atoms with E-state index < -0.39 is 0 Å². The van der Waals surface area contributed by atoms with E-state index in [1.54, 1.807) is 67.8 Å². The maximum Gasteiger partial charge on any atom is 0.255 e. The molecule has 0 heterocycles. The summed E-state index contributed by atoms with van der Waals surface area (Å²) in [5, 5.41) is 5.60. The topological polar surface area (TPSA) is 67.4 Å². The van der Waals surface area contributed by atoms with Crippen LogP contribution in [-0.4, -0.2) is 25.5 Å². The number of benzene rings is 3. The number of amides is 2. The average Bonchev–Trinajstić information content (AvgIpc) is 2.75. The Bertz CT molecular complexity index is 986. The highest BCUT2D eigenvalue weighted by molar-refractivity contribution is 6.06. The van der Waals surface area contributed by atoms with E-state index in [-0.39, 0.29) is 17.6 Å². The number of rotatable bonds is 7. The number of carbonyl (C=O) groups excluding carboxylic acids is 2. The highest BCUT2D eigenvalue weighted by Crippen LogP contribution is 2.16. The highest BCUT2D eigenvalue weighted by Gasteiger charge is 2.11. The Hall–Kier alpha value is -3.67. The fourth-order valence-corrected chi connectivity index (χ4v) is 2.75. The van der Waals surface area contributed by atoms with Crippen LogP contribution >= 0.6 is 0 Å². The summed E-state index contributed by atoms with van der Waals surface area (Å²) in [5.74, 6) is -0.174. The van der Waals surface area contributed by atoms with Gasteiger partial charge in [0.2, 0.25) is 0 Å². The first-order chi connectivity index (χ1) is 14.0. The summed E-state index contributed by atoms with van der Waals surface area (Å²) in [7, 11) is 1.57. The molecule has 2 amide bonds. The van der Waals surface area contributed by atoms with Crippen molar-refractivity contribution >= 4 is 17.5 Å². The van der Waals surface area contributed by atoms with E-state index in [4.69, 9.17) is 4.74 Å². The third-order valence-electron chi connectivity index (χ3n) is 4.35. The Balaban J connectivity index is 1.57. The summed E-state index contributed by atoms with van der Waals surface area (Å²) in [4.78, 5) is 24.8. The molecule has 6 heteroatoms. The van der Waals surface area contributed by atoms with Crippen molar-refractivity contribution < 1.29 is 18.7 Å². The molecule has 0 unspecified atom stereocenters. The molecule has 3 aromatic rings. The van der Waals surface area contributed by atoms with Crippen LogP contribution in [0.2, 0.25) is 0 Å². The van der Waals surface area contributed by atoms with Gasteiger partial charge in [-0.15, -0.1) is 0 Å². The number of carbonyl (C=O) groups is 2. The quantitative estimate of drug-likeness (QED) is 0.637. The summed E-state index contributed by atoms with van der Waals surface area (Å²) in [6.07, 6.45) is 0.587. The van der Waals surface area contributed by atoms with Gasteiger partial charge in [0.15, 0.2) is 0 Å². The Morgan fingerprint density at radius 1 is 0.897 bits per heavy atom. The molecule has 3 rings (SSSR count). The zero-order valence-corrected chi connectivity index (χ0v) is 15.9. The normalized spacial score (nSPS) is 10.3. The van der Waals surface area contributed by atoms with Gasteiger partial charge in [-0.2, -0.15) is 0 Å². The number of halogens is 1. The molecule has 0 aromatic heterocycles. The summed E-state index contributed by atoms with van der Waals surface area (Å²) in [6, 6.07) is 19.6. The van der Waals surface area contributed by atoms with Gasteiger partial charge >= 0.3 is 0 Å². The Morgan fingerprint density at radius 2 is 1.55 bits per heavy atom. The minimum Gasteiger partial charge on any atom is -0.497 e. The van der Waals surface area contributed by atoms with Gasteiger partial charge in [-0.25, -0.2) is 4.39 Å². The van der Waals surface area contributed by atoms with Crippen LogP contribution in [0.15, 0.2) is 72.8 Å². The van der Waals surface area contributed by atoms with Gasteiger partial charge in [0.1, 0.15) is 11.6 Å². The Kier molecular flexibility index (Phi) is 6.58. The average molecular weight is 392 g/mol. The van der Waals surface area contributed by atoms with E-state index >= 15 is 0 Å². The van der Waals surface area contributed by atoms with Gasteiger partial charge in [0.05, 0.1) is 7.11 Å². The molecule has 2 N–H and O–H groups in total. The maximum absolute atomic E-state index is 12.9. The van der Waals surface area contributed by atoms with Gasteiger partial charge in [0, 0.05) is 23.4 Å². The fourth-order valence-electron chi connectivity index (χ4n) is 2.75. The van der Waals surface area contributed by atoms with Crippen LogP contribution in [0, 0.1) is 5.82 Å². The first-order valence-electron chi connectivity index (χ1n) is 9.13. The molecular weight excluding hydrogens is 371 g/mol.